The quantitative estimate of drug-likeness (QED) is 0.281. The van der Waals surface area contributed by atoms with Crippen molar-refractivity contribution in [3.63, 3.8) is 0 Å². The highest BCUT2D eigenvalue weighted by Gasteiger charge is 2.19. The molecule has 2 aromatic rings. The van der Waals surface area contributed by atoms with Gasteiger partial charge in [0.2, 0.25) is 5.91 Å². The van der Waals surface area contributed by atoms with Crippen molar-refractivity contribution in [2.75, 3.05) is 11.9 Å². The van der Waals surface area contributed by atoms with Crippen molar-refractivity contribution in [3.05, 3.63) is 68.7 Å². The molecule has 8 heteroatoms. The summed E-state index contributed by atoms with van der Waals surface area (Å²) in [6, 6.07) is 11.3. The zero-order chi connectivity index (χ0) is 20.5. The molecule has 0 aliphatic heterocycles. The SMILES string of the molecule is CCOC(=O)c1ccc([N+](=O)[O-])c(NC(=O)CCCCc2ccc(Cl)cc2)c1. The van der Waals surface area contributed by atoms with E-state index >= 15 is 0 Å². The summed E-state index contributed by atoms with van der Waals surface area (Å²) >= 11 is 5.84. The Morgan fingerprint density at radius 2 is 1.86 bits per heavy atom. The van der Waals surface area contributed by atoms with E-state index < -0.39 is 10.9 Å². The second-order valence-electron chi connectivity index (χ2n) is 6.09. The molecule has 0 aliphatic carbocycles. The number of nitrogens with one attached hydrogen (secondary N) is 1. The van der Waals surface area contributed by atoms with Crippen LogP contribution in [-0.2, 0) is 16.0 Å². The van der Waals surface area contributed by atoms with Crippen molar-refractivity contribution in [2.24, 2.45) is 0 Å². The van der Waals surface area contributed by atoms with Crippen molar-refractivity contribution in [3.8, 4) is 0 Å². The van der Waals surface area contributed by atoms with Crippen molar-refractivity contribution in [2.45, 2.75) is 32.6 Å². The second-order valence-corrected chi connectivity index (χ2v) is 6.53. The van der Waals surface area contributed by atoms with E-state index in [1.54, 1.807) is 6.92 Å². The van der Waals surface area contributed by atoms with Gasteiger partial charge in [0.1, 0.15) is 5.69 Å². The van der Waals surface area contributed by atoms with Crippen molar-refractivity contribution in [1.29, 1.82) is 0 Å². The van der Waals surface area contributed by atoms with E-state index in [4.69, 9.17) is 16.3 Å². The Balaban J connectivity index is 1.93. The van der Waals surface area contributed by atoms with Gasteiger partial charge in [-0.15, -0.1) is 0 Å². The Hall–Kier alpha value is -2.93. The fraction of sp³-hybridized carbons (Fsp3) is 0.300. The lowest BCUT2D eigenvalue weighted by Crippen LogP contribution is -2.14. The van der Waals surface area contributed by atoms with Gasteiger partial charge in [-0.1, -0.05) is 23.7 Å². The van der Waals surface area contributed by atoms with E-state index in [1.807, 2.05) is 24.3 Å². The molecule has 2 aromatic carbocycles. The molecular weight excluding hydrogens is 384 g/mol. The number of nitro groups is 1. The molecule has 1 amide bonds. The van der Waals surface area contributed by atoms with Crippen LogP contribution in [0.15, 0.2) is 42.5 Å². The average Bonchev–Trinajstić information content (AvgIpc) is 2.66. The largest absolute Gasteiger partial charge is 0.462 e. The third-order valence-corrected chi connectivity index (χ3v) is 4.26. The minimum absolute atomic E-state index is 0.0155. The molecule has 0 atom stereocenters. The second kappa shape index (κ2) is 10.4. The first-order chi connectivity index (χ1) is 13.4. The van der Waals surface area contributed by atoms with E-state index in [1.165, 1.54) is 18.2 Å². The van der Waals surface area contributed by atoms with E-state index in [2.05, 4.69) is 5.32 Å². The highest BCUT2D eigenvalue weighted by molar-refractivity contribution is 6.30. The molecule has 28 heavy (non-hydrogen) atoms. The Labute approximate surface area is 167 Å². The van der Waals surface area contributed by atoms with Gasteiger partial charge in [0.15, 0.2) is 0 Å². The number of carbonyl (C=O) groups excluding carboxylic acids is 2. The van der Waals surface area contributed by atoms with Gasteiger partial charge in [-0.2, -0.15) is 0 Å². The molecule has 148 valence electrons. The predicted octanol–water partition coefficient (Wildman–Crippen LogP) is 4.78. The number of nitrogens with zero attached hydrogens (tertiary/aromatic N) is 1. The van der Waals surface area contributed by atoms with Crippen LogP contribution in [0.3, 0.4) is 0 Å². The third-order valence-electron chi connectivity index (χ3n) is 4.01. The average molecular weight is 405 g/mol. The summed E-state index contributed by atoms with van der Waals surface area (Å²) < 4.78 is 4.89. The van der Waals surface area contributed by atoms with Crippen LogP contribution in [0, 0.1) is 10.1 Å². The molecule has 0 fully saturated rings. The molecule has 0 bridgehead atoms. The van der Waals surface area contributed by atoms with Gasteiger partial charge in [-0.05, 0) is 56.0 Å². The topological polar surface area (TPSA) is 98.5 Å². The van der Waals surface area contributed by atoms with Crippen LogP contribution in [0.2, 0.25) is 5.02 Å². The number of halogens is 1. The molecule has 0 radical (unpaired) electrons. The van der Waals surface area contributed by atoms with Crippen molar-refractivity contribution >= 4 is 34.9 Å². The maximum Gasteiger partial charge on any atom is 0.338 e. The van der Waals surface area contributed by atoms with Gasteiger partial charge in [-0.3, -0.25) is 14.9 Å². The molecule has 0 saturated heterocycles. The molecule has 0 aliphatic rings. The van der Waals surface area contributed by atoms with Gasteiger partial charge in [0.05, 0.1) is 17.1 Å². The molecule has 0 spiro atoms. The molecule has 2 rings (SSSR count). The van der Waals surface area contributed by atoms with Crippen LogP contribution < -0.4 is 5.32 Å². The lowest BCUT2D eigenvalue weighted by atomic mass is 10.1. The Kier molecular flexibility index (Phi) is 7.95. The monoisotopic (exact) mass is 404 g/mol. The Bertz CT molecular complexity index is 852. The highest BCUT2D eigenvalue weighted by atomic mass is 35.5. The van der Waals surface area contributed by atoms with Crippen LogP contribution in [0.1, 0.15) is 42.1 Å². The zero-order valence-corrected chi connectivity index (χ0v) is 16.2. The van der Waals surface area contributed by atoms with Gasteiger partial charge >= 0.3 is 5.97 Å². The number of amides is 1. The number of benzene rings is 2. The first-order valence-corrected chi connectivity index (χ1v) is 9.28. The Morgan fingerprint density at radius 1 is 1.14 bits per heavy atom. The van der Waals surface area contributed by atoms with Gasteiger partial charge in [0, 0.05) is 17.5 Å². The molecular formula is C20H21ClN2O5. The molecule has 0 aromatic heterocycles. The smallest absolute Gasteiger partial charge is 0.338 e. The van der Waals surface area contributed by atoms with Gasteiger partial charge in [-0.25, -0.2) is 4.79 Å². The Morgan fingerprint density at radius 3 is 2.50 bits per heavy atom. The zero-order valence-electron chi connectivity index (χ0n) is 15.4. The number of carbonyl (C=O) groups is 2. The van der Waals surface area contributed by atoms with E-state index in [9.17, 15) is 19.7 Å². The summed E-state index contributed by atoms with van der Waals surface area (Å²) in [6.07, 6.45) is 2.44. The number of esters is 1. The summed E-state index contributed by atoms with van der Waals surface area (Å²) in [5.74, 6) is -0.948. The van der Waals surface area contributed by atoms with Crippen LogP contribution >= 0.6 is 11.6 Å². The number of aryl methyl sites for hydroxylation is 1. The predicted molar refractivity (Wildman–Crippen MR) is 107 cm³/mol. The third kappa shape index (κ3) is 6.35. The van der Waals surface area contributed by atoms with E-state index in [0.29, 0.717) is 11.4 Å². The number of anilines is 1. The highest BCUT2D eigenvalue weighted by Crippen LogP contribution is 2.26. The maximum absolute atomic E-state index is 12.2. The lowest BCUT2D eigenvalue weighted by Gasteiger charge is -2.08. The van der Waals surface area contributed by atoms with E-state index in [0.717, 1.165) is 18.4 Å². The maximum atomic E-state index is 12.2. The fourth-order valence-electron chi connectivity index (χ4n) is 2.62. The summed E-state index contributed by atoms with van der Waals surface area (Å²) in [5, 5.41) is 14.4. The summed E-state index contributed by atoms with van der Waals surface area (Å²) in [5.41, 5.74) is 0.980. The number of ether oxygens (including phenoxy) is 1. The van der Waals surface area contributed by atoms with Crippen LogP contribution in [0.25, 0.3) is 0 Å². The minimum atomic E-state index is -0.606. The fourth-order valence-corrected chi connectivity index (χ4v) is 2.74. The van der Waals surface area contributed by atoms with Gasteiger partial charge in [0.25, 0.3) is 5.69 Å². The number of hydrogen-bond acceptors (Lipinski definition) is 5. The molecule has 0 heterocycles. The van der Waals surface area contributed by atoms with Crippen LogP contribution in [0.4, 0.5) is 11.4 Å². The number of unbranched alkanes of at least 4 members (excludes halogenated alkanes) is 1. The first kappa shape index (κ1) is 21.4. The lowest BCUT2D eigenvalue weighted by molar-refractivity contribution is -0.383. The number of hydrogen-bond donors (Lipinski definition) is 1. The first-order valence-electron chi connectivity index (χ1n) is 8.90. The van der Waals surface area contributed by atoms with Crippen LogP contribution in [0.5, 0.6) is 0 Å². The normalized spacial score (nSPS) is 10.4. The molecule has 0 unspecified atom stereocenters. The molecule has 1 N–H and O–H groups in total. The summed E-state index contributed by atoms with van der Waals surface area (Å²) in [6.45, 7) is 1.85. The van der Waals surface area contributed by atoms with Crippen LogP contribution in [-0.4, -0.2) is 23.4 Å². The number of rotatable bonds is 9. The summed E-state index contributed by atoms with van der Waals surface area (Å²) in [7, 11) is 0. The minimum Gasteiger partial charge on any atom is -0.462 e. The van der Waals surface area contributed by atoms with Gasteiger partial charge < -0.3 is 10.1 Å². The van der Waals surface area contributed by atoms with Crippen molar-refractivity contribution < 1.29 is 19.2 Å². The number of nitro benzene ring substituents is 1. The van der Waals surface area contributed by atoms with Crippen molar-refractivity contribution in [1.82, 2.24) is 0 Å². The molecule has 0 saturated carbocycles. The summed E-state index contributed by atoms with van der Waals surface area (Å²) in [4.78, 5) is 34.6. The molecule has 7 nitrogen and oxygen atoms in total. The van der Waals surface area contributed by atoms with E-state index in [-0.39, 0.29) is 35.9 Å². The standard InChI is InChI=1S/C20H21ClN2O5/c1-2-28-20(25)15-9-12-18(23(26)27)17(13-15)22-19(24)6-4-3-5-14-7-10-16(21)11-8-14/h7-13H,2-6H2,1H3,(H,22,24).